The predicted octanol–water partition coefficient (Wildman–Crippen LogP) is 0.507. The van der Waals surface area contributed by atoms with Gasteiger partial charge in [-0.1, -0.05) is 11.6 Å². The van der Waals surface area contributed by atoms with E-state index in [4.69, 9.17) is 4.74 Å². The molecule has 3 N–H and O–H groups in total. The van der Waals surface area contributed by atoms with Gasteiger partial charge >= 0.3 is 11.8 Å². The lowest BCUT2D eigenvalue weighted by Gasteiger charge is -2.22. The Morgan fingerprint density at radius 3 is 2.67 bits per heavy atom. The first-order valence-corrected chi connectivity index (χ1v) is 7.40. The summed E-state index contributed by atoms with van der Waals surface area (Å²) in [6, 6.07) is 0. The van der Waals surface area contributed by atoms with Crippen LogP contribution in [0.4, 0.5) is 0 Å². The predicted molar refractivity (Wildman–Crippen MR) is 79.7 cm³/mol. The maximum atomic E-state index is 11.6. The highest BCUT2D eigenvalue weighted by atomic mass is 16.5. The molecule has 0 heterocycles. The summed E-state index contributed by atoms with van der Waals surface area (Å²) in [5.41, 5.74) is 0.169. The maximum absolute atomic E-state index is 11.6. The Bertz CT molecular complexity index is 391. The number of carbonyl (C=O) groups excluding carboxylic acids is 2. The molecule has 1 aliphatic carbocycles. The lowest BCUT2D eigenvalue weighted by molar-refractivity contribution is -0.140. The molecule has 0 aromatic heterocycles. The summed E-state index contributed by atoms with van der Waals surface area (Å²) >= 11 is 0. The third kappa shape index (κ3) is 7.24. The maximum Gasteiger partial charge on any atom is 0.309 e. The number of methoxy groups -OCH3 is 1. The Kier molecular flexibility index (Phi) is 7.39. The van der Waals surface area contributed by atoms with Crippen LogP contribution in [0.15, 0.2) is 11.6 Å². The van der Waals surface area contributed by atoms with Gasteiger partial charge in [-0.3, -0.25) is 9.59 Å². The van der Waals surface area contributed by atoms with Gasteiger partial charge in [0.15, 0.2) is 0 Å². The van der Waals surface area contributed by atoms with Crippen LogP contribution in [0.3, 0.4) is 0 Å². The van der Waals surface area contributed by atoms with Gasteiger partial charge in [-0.05, 0) is 39.0 Å². The first-order valence-electron chi connectivity index (χ1n) is 7.40. The van der Waals surface area contributed by atoms with Crippen molar-refractivity contribution in [3.8, 4) is 0 Å². The highest BCUT2D eigenvalue weighted by Gasteiger charge is 2.23. The van der Waals surface area contributed by atoms with Crippen molar-refractivity contribution >= 4 is 11.8 Å². The summed E-state index contributed by atoms with van der Waals surface area (Å²) in [4.78, 5) is 23.2. The molecule has 0 unspecified atom stereocenters. The number of amides is 2. The summed E-state index contributed by atoms with van der Waals surface area (Å²) < 4.78 is 4.82. The van der Waals surface area contributed by atoms with Gasteiger partial charge in [-0.2, -0.15) is 0 Å². The van der Waals surface area contributed by atoms with Crippen LogP contribution in [0.1, 0.15) is 39.0 Å². The average Bonchev–Trinajstić information content (AvgIpc) is 2.46. The number of hydrogen-bond acceptors (Lipinski definition) is 4. The van der Waals surface area contributed by atoms with Gasteiger partial charge in [0.2, 0.25) is 0 Å². The molecule has 0 aromatic rings. The van der Waals surface area contributed by atoms with Crippen LogP contribution in [0.5, 0.6) is 0 Å². The van der Waals surface area contributed by atoms with E-state index < -0.39 is 17.4 Å². The standard InChI is InChI=1S/C15H26N2O4/c1-15(20,11-21-2)10-17-14(19)13(18)16-9-8-12-6-4-3-5-7-12/h6,20H,3-5,7-11H2,1-2H3,(H,16,18)(H,17,19)/t15-/m1/s1. The van der Waals surface area contributed by atoms with Crippen molar-refractivity contribution in [1.29, 1.82) is 0 Å². The third-order valence-corrected chi connectivity index (χ3v) is 3.41. The topological polar surface area (TPSA) is 87.7 Å². The SMILES string of the molecule is COC[C@](C)(O)CNC(=O)C(=O)NCCC1=CCCCC1. The van der Waals surface area contributed by atoms with E-state index in [1.165, 1.54) is 32.4 Å². The van der Waals surface area contributed by atoms with E-state index in [1.807, 2.05) is 0 Å². The lowest BCUT2D eigenvalue weighted by Crippen LogP contribution is -2.48. The molecule has 0 spiro atoms. The Hall–Kier alpha value is -1.40. The van der Waals surface area contributed by atoms with E-state index in [0.29, 0.717) is 6.54 Å². The minimum Gasteiger partial charge on any atom is -0.386 e. The van der Waals surface area contributed by atoms with Gasteiger partial charge in [-0.25, -0.2) is 0 Å². The summed E-state index contributed by atoms with van der Waals surface area (Å²) in [6.45, 7) is 2.05. The second-order valence-electron chi connectivity index (χ2n) is 5.73. The Labute approximate surface area is 125 Å². The zero-order chi connectivity index (χ0) is 15.7. The number of allylic oxidation sites excluding steroid dienone is 1. The molecule has 2 amide bonds. The molecule has 6 nitrogen and oxygen atoms in total. The highest BCUT2D eigenvalue weighted by molar-refractivity contribution is 6.35. The van der Waals surface area contributed by atoms with Crippen LogP contribution in [0, 0.1) is 0 Å². The van der Waals surface area contributed by atoms with Crippen molar-refractivity contribution in [2.75, 3.05) is 26.8 Å². The Balaban J connectivity index is 2.22. The summed E-state index contributed by atoms with van der Waals surface area (Å²) in [7, 11) is 1.46. The molecular weight excluding hydrogens is 272 g/mol. The van der Waals surface area contributed by atoms with Gasteiger partial charge in [-0.15, -0.1) is 0 Å². The third-order valence-electron chi connectivity index (χ3n) is 3.41. The van der Waals surface area contributed by atoms with E-state index in [2.05, 4.69) is 16.7 Å². The second-order valence-corrected chi connectivity index (χ2v) is 5.73. The molecule has 0 radical (unpaired) electrons. The van der Waals surface area contributed by atoms with Gasteiger partial charge in [0.05, 0.1) is 6.61 Å². The number of rotatable bonds is 7. The van der Waals surface area contributed by atoms with Crippen molar-refractivity contribution in [3.05, 3.63) is 11.6 Å². The van der Waals surface area contributed by atoms with Crippen molar-refractivity contribution in [2.24, 2.45) is 0 Å². The normalized spacial score (nSPS) is 17.6. The van der Waals surface area contributed by atoms with E-state index in [9.17, 15) is 14.7 Å². The number of ether oxygens (including phenoxy) is 1. The summed E-state index contributed by atoms with van der Waals surface area (Å²) in [5.74, 6) is -1.40. The quantitative estimate of drug-likeness (QED) is 0.472. The van der Waals surface area contributed by atoms with E-state index in [0.717, 1.165) is 19.3 Å². The molecule has 0 saturated carbocycles. The number of nitrogens with one attached hydrogen (secondary N) is 2. The molecule has 6 heteroatoms. The van der Waals surface area contributed by atoms with E-state index >= 15 is 0 Å². The van der Waals surface area contributed by atoms with Crippen molar-refractivity contribution in [2.45, 2.75) is 44.6 Å². The van der Waals surface area contributed by atoms with E-state index in [1.54, 1.807) is 0 Å². The monoisotopic (exact) mass is 298 g/mol. The average molecular weight is 298 g/mol. The molecule has 1 atom stereocenters. The molecule has 21 heavy (non-hydrogen) atoms. The molecule has 1 aliphatic rings. The minimum absolute atomic E-state index is 0.0295. The van der Waals surface area contributed by atoms with Gasteiger partial charge < -0.3 is 20.5 Å². The van der Waals surface area contributed by atoms with Crippen LogP contribution in [0.2, 0.25) is 0 Å². The van der Waals surface area contributed by atoms with Crippen molar-refractivity contribution < 1.29 is 19.4 Å². The Morgan fingerprint density at radius 1 is 1.33 bits per heavy atom. The molecular formula is C15H26N2O4. The lowest BCUT2D eigenvalue weighted by atomic mass is 9.97. The summed E-state index contributed by atoms with van der Waals surface area (Å²) in [5, 5.41) is 14.8. The zero-order valence-electron chi connectivity index (χ0n) is 12.9. The molecule has 120 valence electrons. The van der Waals surface area contributed by atoms with Crippen LogP contribution in [-0.4, -0.2) is 49.3 Å². The van der Waals surface area contributed by atoms with Gasteiger partial charge in [0.25, 0.3) is 0 Å². The van der Waals surface area contributed by atoms with Gasteiger partial charge in [0.1, 0.15) is 5.60 Å². The molecule has 0 fully saturated rings. The molecule has 0 aromatic carbocycles. The second kappa shape index (κ2) is 8.79. The number of hydrogen-bond donors (Lipinski definition) is 3. The fraction of sp³-hybridized carbons (Fsp3) is 0.733. The van der Waals surface area contributed by atoms with Crippen LogP contribution in [0.25, 0.3) is 0 Å². The number of carbonyl (C=O) groups is 2. The van der Waals surface area contributed by atoms with Crippen molar-refractivity contribution in [1.82, 2.24) is 10.6 Å². The van der Waals surface area contributed by atoms with E-state index in [-0.39, 0.29) is 13.2 Å². The smallest absolute Gasteiger partial charge is 0.309 e. The van der Waals surface area contributed by atoms with Crippen molar-refractivity contribution in [3.63, 3.8) is 0 Å². The van der Waals surface area contributed by atoms with Crippen LogP contribution >= 0.6 is 0 Å². The fourth-order valence-corrected chi connectivity index (χ4v) is 2.26. The minimum atomic E-state index is -1.18. The number of aliphatic hydroxyl groups is 1. The molecule has 0 saturated heterocycles. The van der Waals surface area contributed by atoms with Gasteiger partial charge in [0, 0.05) is 20.2 Å². The van der Waals surface area contributed by atoms with Crippen LogP contribution < -0.4 is 10.6 Å². The molecule has 1 rings (SSSR count). The largest absolute Gasteiger partial charge is 0.386 e. The zero-order valence-corrected chi connectivity index (χ0v) is 12.9. The summed E-state index contributed by atoms with van der Waals surface area (Å²) in [6.07, 6.45) is 7.65. The van der Waals surface area contributed by atoms with Crippen LogP contribution in [-0.2, 0) is 14.3 Å². The first kappa shape index (κ1) is 17.7. The first-order chi connectivity index (χ1) is 9.94. The molecule has 0 aliphatic heterocycles. The highest BCUT2D eigenvalue weighted by Crippen LogP contribution is 2.19. The Morgan fingerprint density at radius 2 is 2.05 bits per heavy atom. The molecule has 0 bridgehead atoms. The fourth-order valence-electron chi connectivity index (χ4n) is 2.26.